The third-order valence-electron chi connectivity index (χ3n) is 1.99. The Hall–Kier alpha value is -1.17. The lowest BCUT2D eigenvalue weighted by molar-refractivity contribution is -0.141. The van der Waals surface area contributed by atoms with Crippen LogP contribution >= 0.6 is 11.5 Å². The Morgan fingerprint density at radius 1 is 1.64 bits per heavy atom. The molecule has 2 unspecified atom stereocenters. The number of hydrogen-bond acceptors (Lipinski definition) is 6. The molecule has 0 radical (unpaired) electrons. The van der Waals surface area contributed by atoms with Gasteiger partial charge in [0.15, 0.2) is 0 Å². The van der Waals surface area contributed by atoms with E-state index in [9.17, 15) is 4.79 Å². The molecule has 1 saturated heterocycles. The summed E-state index contributed by atoms with van der Waals surface area (Å²) >= 11 is 1.26. The van der Waals surface area contributed by atoms with Gasteiger partial charge in [0.25, 0.3) is 0 Å². The zero-order valence-corrected chi connectivity index (χ0v) is 8.80. The Labute approximate surface area is 85.7 Å². The van der Waals surface area contributed by atoms with Crippen LogP contribution in [0.15, 0.2) is 0 Å². The maximum Gasteiger partial charge on any atom is 0.329 e. The van der Waals surface area contributed by atoms with Gasteiger partial charge in [0.2, 0.25) is 5.13 Å². The summed E-state index contributed by atoms with van der Waals surface area (Å²) in [6.07, 6.45) is 0.686. The Kier molecular flexibility index (Phi) is 2.37. The fourth-order valence-corrected chi connectivity index (χ4v) is 2.01. The van der Waals surface area contributed by atoms with E-state index >= 15 is 0 Å². The highest BCUT2D eigenvalue weighted by Crippen LogP contribution is 2.20. The summed E-state index contributed by atoms with van der Waals surface area (Å²) in [5.41, 5.74) is 0. The number of nitrogens with zero attached hydrogens (tertiary/aromatic N) is 2. The molecule has 0 amide bonds. The Bertz CT molecular complexity index is 352. The number of carbonyl (C=O) groups excluding carboxylic acids is 1. The maximum atomic E-state index is 11.3. The first-order valence-corrected chi connectivity index (χ1v) is 5.20. The van der Waals surface area contributed by atoms with E-state index in [1.807, 2.05) is 13.8 Å². The minimum Gasteiger partial charge on any atom is -0.461 e. The quantitative estimate of drug-likeness (QED) is 0.741. The van der Waals surface area contributed by atoms with Crippen LogP contribution in [0.3, 0.4) is 0 Å². The van der Waals surface area contributed by atoms with Gasteiger partial charge in [-0.25, -0.2) is 9.78 Å². The van der Waals surface area contributed by atoms with Gasteiger partial charge in [0.05, 0.1) is 0 Å². The van der Waals surface area contributed by atoms with Crippen LogP contribution in [0.1, 0.15) is 19.2 Å². The van der Waals surface area contributed by atoms with E-state index in [0.717, 1.165) is 5.82 Å². The minimum absolute atomic E-state index is 0.00554. The number of nitrogens with one attached hydrogen (secondary N) is 1. The average Bonchev–Trinajstić information content (AvgIpc) is 2.61. The van der Waals surface area contributed by atoms with E-state index in [1.54, 1.807) is 0 Å². The van der Waals surface area contributed by atoms with E-state index in [-0.39, 0.29) is 18.1 Å². The van der Waals surface area contributed by atoms with E-state index in [4.69, 9.17) is 4.74 Å². The lowest BCUT2D eigenvalue weighted by atomic mass is 10.2. The summed E-state index contributed by atoms with van der Waals surface area (Å²) in [7, 11) is 0. The van der Waals surface area contributed by atoms with E-state index in [0.29, 0.717) is 11.6 Å². The Balaban J connectivity index is 2.01. The number of cyclic esters (lactones) is 1. The van der Waals surface area contributed by atoms with E-state index in [2.05, 4.69) is 14.7 Å². The van der Waals surface area contributed by atoms with Crippen molar-refractivity contribution in [2.75, 3.05) is 5.32 Å². The molecule has 1 aromatic rings. The number of esters is 1. The summed E-state index contributed by atoms with van der Waals surface area (Å²) in [6, 6.07) is -0.266. The second-order valence-corrected chi connectivity index (χ2v) is 4.08. The predicted molar refractivity (Wildman–Crippen MR) is 52.2 cm³/mol. The van der Waals surface area contributed by atoms with Gasteiger partial charge in [-0.3, -0.25) is 0 Å². The molecule has 1 aliphatic heterocycles. The number of aryl methyl sites for hydroxylation is 1. The van der Waals surface area contributed by atoms with Crippen molar-refractivity contribution in [2.45, 2.75) is 32.4 Å². The van der Waals surface area contributed by atoms with Gasteiger partial charge >= 0.3 is 5.97 Å². The van der Waals surface area contributed by atoms with Crippen LogP contribution in [0.25, 0.3) is 0 Å². The van der Waals surface area contributed by atoms with Crippen LogP contribution in [0.5, 0.6) is 0 Å². The first kappa shape index (κ1) is 9.39. The highest BCUT2D eigenvalue weighted by Gasteiger charge is 2.32. The molecule has 0 spiro atoms. The molecule has 1 N–H and O–H groups in total. The van der Waals surface area contributed by atoms with E-state index in [1.165, 1.54) is 11.5 Å². The summed E-state index contributed by atoms with van der Waals surface area (Å²) in [6.45, 7) is 3.70. The number of aromatic nitrogens is 2. The molecule has 14 heavy (non-hydrogen) atoms. The van der Waals surface area contributed by atoms with Crippen LogP contribution in [0.2, 0.25) is 0 Å². The van der Waals surface area contributed by atoms with Crippen LogP contribution in [-0.4, -0.2) is 27.5 Å². The zero-order valence-electron chi connectivity index (χ0n) is 7.98. The molecule has 2 atom stereocenters. The highest BCUT2D eigenvalue weighted by molar-refractivity contribution is 7.09. The van der Waals surface area contributed by atoms with Crippen molar-refractivity contribution >= 4 is 22.6 Å². The van der Waals surface area contributed by atoms with Gasteiger partial charge in [0.1, 0.15) is 18.0 Å². The van der Waals surface area contributed by atoms with Crippen LogP contribution in [0, 0.1) is 6.92 Å². The molecule has 2 rings (SSSR count). The predicted octanol–water partition coefficient (Wildman–Crippen LogP) is 0.962. The Morgan fingerprint density at radius 2 is 2.43 bits per heavy atom. The normalized spacial score (nSPS) is 26.3. The fourth-order valence-electron chi connectivity index (χ4n) is 1.38. The fraction of sp³-hybridized carbons (Fsp3) is 0.625. The number of anilines is 1. The largest absolute Gasteiger partial charge is 0.461 e. The first-order chi connectivity index (χ1) is 6.65. The van der Waals surface area contributed by atoms with Crippen molar-refractivity contribution in [3.8, 4) is 0 Å². The van der Waals surface area contributed by atoms with Crippen LogP contribution in [0.4, 0.5) is 5.13 Å². The third-order valence-corrected chi connectivity index (χ3v) is 2.73. The van der Waals surface area contributed by atoms with Gasteiger partial charge in [-0.2, -0.15) is 4.37 Å². The molecular weight excluding hydrogens is 202 g/mol. The van der Waals surface area contributed by atoms with Crippen molar-refractivity contribution < 1.29 is 9.53 Å². The van der Waals surface area contributed by atoms with Crippen LogP contribution in [-0.2, 0) is 9.53 Å². The molecule has 0 bridgehead atoms. The third kappa shape index (κ3) is 1.84. The monoisotopic (exact) mass is 213 g/mol. The van der Waals surface area contributed by atoms with Gasteiger partial charge in [-0.1, -0.05) is 0 Å². The molecule has 6 heteroatoms. The molecule has 5 nitrogen and oxygen atoms in total. The topological polar surface area (TPSA) is 64.1 Å². The second-order valence-electron chi connectivity index (χ2n) is 3.33. The number of ether oxygens (including phenoxy) is 1. The number of carbonyl (C=O) groups is 1. The minimum atomic E-state index is -0.266. The molecule has 2 heterocycles. The maximum absolute atomic E-state index is 11.3. The lowest BCUT2D eigenvalue weighted by Crippen LogP contribution is -2.24. The van der Waals surface area contributed by atoms with Gasteiger partial charge in [-0.15, -0.1) is 0 Å². The van der Waals surface area contributed by atoms with Gasteiger partial charge < -0.3 is 10.1 Å². The molecule has 76 valence electrons. The summed E-state index contributed by atoms with van der Waals surface area (Å²) in [5, 5.41) is 3.69. The van der Waals surface area contributed by atoms with Crippen molar-refractivity contribution in [3.05, 3.63) is 5.82 Å². The lowest BCUT2D eigenvalue weighted by Gasteiger charge is -2.04. The summed E-state index contributed by atoms with van der Waals surface area (Å²) in [5.74, 6) is 0.516. The smallest absolute Gasteiger partial charge is 0.329 e. The number of hydrogen-bond donors (Lipinski definition) is 1. The molecule has 1 aliphatic rings. The van der Waals surface area contributed by atoms with Gasteiger partial charge in [-0.05, 0) is 13.8 Å². The second kappa shape index (κ2) is 3.53. The Morgan fingerprint density at radius 3 is 2.93 bits per heavy atom. The molecule has 0 aromatic carbocycles. The van der Waals surface area contributed by atoms with Crippen LogP contribution < -0.4 is 5.32 Å². The molecule has 0 aliphatic carbocycles. The average molecular weight is 213 g/mol. The first-order valence-electron chi connectivity index (χ1n) is 4.42. The van der Waals surface area contributed by atoms with Crippen molar-refractivity contribution in [1.82, 2.24) is 9.36 Å². The molecular formula is C8H11N3O2S. The van der Waals surface area contributed by atoms with Crippen molar-refractivity contribution in [3.63, 3.8) is 0 Å². The highest BCUT2D eigenvalue weighted by atomic mass is 32.1. The van der Waals surface area contributed by atoms with Crippen molar-refractivity contribution in [2.24, 2.45) is 0 Å². The SMILES string of the molecule is Cc1nsc(NC2CC(C)OC2=O)n1. The molecule has 1 fully saturated rings. The standard InChI is InChI=1S/C8H11N3O2S/c1-4-3-6(7(12)13-4)10-8-9-5(2)11-14-8/h4,6H,3H2,1-2H3,(H,9,10,11). The molecule has 0 saturated carbocycles. The van der Waals surface area contributed by atoms with Gasteiger partial charge in [0, 0.05) is 18.0 Å². The summed E-state index contributed by atoms with van der Waals surface area (Å²) in [4.78, 5) is 15.4. The van der Waals surface area contributed by atoms with Crippen molar-refractivity contribution in [1.29, 1.82) is 0 Å². The zero-order chi connectivity index (χ0) is 10.1. The molecule has 1 aromatic heterocycles. The van der Waals surface area contributed by atoms with E-state index < -0.39 is 0 Å². The number of rotatable bonds is 2. The summed E-state index contributed by atoms with van der Waals surface area (Å²) < 4.78 is 9.03.